The Morgan fingerprint density at radius 3 is 3.04 bits per heavy atom. The van der Waals surface area contributed by atoms with Crippen LogP contribution in [0.2, 0.25) is 0 Å². The Hall–Kier alpha value is -2.18. The van der Waals surface area contributed by atoms with Crippen molar-refractivity contribution >= 4 is 27.3 Å². The zero-order valence-corrected chi connectivity index (χ0v) is 14.5. The predicted molar refractivity (Wildman–Crippen MR) is 94.2 cm³/mol. The number of benzene rings is 1. The number of carbonyl (C=O) groups excluding carboxylic acids is 1. The Bertz CT molecular complexity index is 899. The number of ether oxygens (including phenoxy) is 1. The summed E-state index contributed by atoms with van der Waals surface area (Å²) in [5.41, 5.74) is 1.85. The standard InChI is InChI=1S/C18H19N3O2S/c1-12-17-19-9-13(10-23-2)21(17)8-7-20(12)18(22)15-11-24-16-6-4-3-5-14(15)16/h3-6,9,11-12H,7-8,10H2,1-2H3. The lowest BCUT2D eigenvalue weighted by molar-refractivity contribution is 0.0635. The van der Waals surface area contributed by atoms with Crippen LogP contribution in [-0.4, -0.2) is 34.0 Å². The second kappa shape index (κ2) is 6.03. The summed E-state index contributed by atoms with van der Waals surface area (Å²) in [5.74, 6) is 1.02. The Morgan fingerprint density at radius 1 is 1.38 bits per heavy atom. The molecule has 0 radical (unpaired) electrons. The van der Waals surface area contributed by atoms with E-state index in [1.807, 2.05) is 41.6 Å². The van der Waals surface area contributed by atoms with Gasteiger partial charge >= 0.3 is 0 Å². The van der Waals surface area contributed by atoms with E-state index in [9.17, 15) is 4.79 Å². The third-order valence-electron chi connectivity index (χ3n) is 4.64. The number of hydrogen-bond acceptors (Lipinski definition) is 4. The molecule has 3 aromatic rings. The normalized spacial score (nSPS) is 17.2. The van der Waals surface area contributed by atoms with Gasteiger partial charge in [-0.3, -0.25) is 4.79 Å². The third-order valence-corrected chi connectivity index (χ3v) is 5.60. The number of thiophene rings is 1. The average Bonchev–Trinajstić information content (AvgIpc) is 3.20. The van der Waals surface area contributed by atoms with Crippen LogP contribution in [0.3, 0.4) is 0 Å². The third kappa shape index (κ3) is 2.34. The molecule has 0 spiro atoms. The fourth-order valence-corrected chi connectivity index (χ4v) is 4.33. The maximum Gasteiger partial charge on any atom is 0.256 e. The smallest absolute Gasteiger partial charge is 0.256 e. The van der Waals surface area contributed by atoms with E-state index in [-0.39, 0.29) is 11.9 Å². The molecule has 0 saturated carbocycles. The second-order valence-corrected chi connectivity index (χ2v) is 6.92. The van der Waals surface area contributed by atoms with Gasteiger partial charge in [0, 0.05) is 35.7 Å². The molecule has 1 aliphatic rings. The Kier molecular flexibility index (Phi) is 3.86. The van der Waals surface area contributed by atoms with Crippen LogP contribution in [-0.2, 0) is 17.9 Å². The van der Waals surface area contributed by atoms with Crippen LogP contribution < -0.4 is 0 Å². The van der Waals surface area contributed by atoms with Crippen molar-refractivity contribution in [1.29, 1.82) is 0 Å². The van der Waals surface area contributed by atoms with E-state index in [1.165, 1.54) is 0 Å². The number of carbonyl (C=O) groups is 1. The maximum atomic E-state index is 13.1. The highest BCUT2D eigenvalue weighted by atomic mass is 32.1. The molecule has 24 heavy (non-hydrogen) atoms. The predicted octanol–water partition coefficient (Wildman–Crippen LogP) is 3.46. The molecule has 6 heteroatoms. The van der Waals surface area contributed by atoms with Gasteiger partial charge in [-0.1, -0.05) is 18.2 Å². The quantitative estimate of drug-likeness (QED) is 0.733. The van der Waals surface area contributed by atoms with E-state index in [4.69, 9.17) is 4.74 Å². The molecule has 3 heterocycles. The van der Waals surface area contributed by atoms with Crippen molar-refractivity contribution in [3.8, 4) is 0 Å². The van der Waals surface area contributed by atoms with Gasteiger partial charge in [-0.2, -0.15) is 0 Å². The van der Waals surface area contributed by atoms with Crippen molar-refractivity contribution in [2.24, 2.45) is 0 Å². The number of methoxy groups -OCH3 is 1. The molecule has 0 N–H and O–H groups in total. The van der Waals surface area contributed by atoms with Crippen LogP contribution >= 0.6 is 11.3 Å². The zero-order valence-electron chi connectivity index (χ0n) is 13.7. The first-order valence-corrected chi connectivity index (χ1v) is 8.89. The number of hydrogen-bond donors (Lipinski definition) is 0. The van der Waals surface area contributed by atoms with Gasteiger partial charge in [0.1, 0.15) is 5.82 Å². The summed E-state index contributed by atoms with van der Waals surface area (Å²) in [6.07, 6.45) is 1.85. The molecule has 0 aliphatic carbocycles. The lowest BCUT2D eigenvalue weighted by atomic mass is 10.1. The van der Waals surface area contributed by atoms with Crippen molar-refractivity contribution in [3.05, 3.63) is 52.9 Å². The van der Waals surface area contributed by atoms with Crippen LogP contribution in [0, 0.1) is 0 Å². The molecule has 4 rings (SSSR count). The molecule has 2 aromatic heterocycles. The minimum Gasteiger partial charge on any atom is -0.378 e. The van der Waals surface area contributed by atoms with E-state index >= 15 is 0 Å². The number of nitrogens with zero attached hydrogens (tertiary/aromatic N) is 3. The molecule has 1 aliphatic heterocycles. The van der Waals surface area contributed by atoms with Gasteiger partial charge in [0.2, 0.25) is 0 Å². The van der Waals surface area contributed by atoms with Gasteiger partial charge in [0.15, 0.2) is 0 Å². The first kappa shape index (κ1) is 15.4. The highest BCUT2D eigenvalue weighted by Gasteiger charge is 2.31. The first-order chi connectivity index (χ1) is 11.7. The summed E-state index contributed by atoms with van der Waals surface area (Å²) < 4.78 is 8.55. The van der Waals surface area contributed by atoms with Crippen molar-refractivity contribution < 1.29 is 9.53 Å². The van der Waals surface area contributed by atoms with Gasteiger partial charge in [0.05, 0.1) is 30.1 Å². The first-order valence-electron chi connectivity index (χ1n) is 8.01. The molecule has 0 bridgehead atoms. The van der Waals surface area contributed by atoms with Gasteiger partial charge in [-0.05, 0) is 13.0 Å². The molecule has 5 nitrogen and oxygen atoms in total. The maximum absolute atomic E-state index is 13.1. The zero-order chi connectivity index (χ0) is 16.7. The van der Waals surface area contributed by atoms with E-state index in [1.54, 1.807) is 18.4 Å². The van der Waals surface area contributed by atoms with Gasteiger partial charge in [0.25, 0.3) is 5.91 Å². The lowest BCUT2D eigenvalue weighted by Crippen LogP contribution is -2.41. The molecule has 0 saturated heterocycles. The SMILES string of the molecule is COCc1cnc2n1CCN(C(=O)c1csc3ccccc13)C2C. The molecule has 1 atom stereocenters. The molecular weight excluding hydrogens is 322 g/mol. The minimum absolute atomic E-state index is 0.0458. The van der Waals surface area contributed by atoms with Crippen LogP contribution in [0.1, 0.15) is 34.8 Å². The monoisotopic (exact) mass is 341 g/mol. The fourth-order valence-electron chi connectivity index (χ4n) is 3.40. The number of aromatic nitrogens is 2. The van der Waals surface area contributed by atoms with E-state index in [2.05, 4.69) is 15.6 Å². The van der Waals surface area contributed by atoms with E-state index in [0.717, 1.165) is 33.7 Å². The van der Waals surface area contributed by atoms with Crippen molar-refractivity contribution in [2.45, 2.75) is 26.1 Å². The summed E-state index contributed by atoms with van der Waals surface area (Å²) >= 11 is 1.62. The van der Waals surface area contributed by atoms with E-state index in [0.29, 0.717) is 13.2 Å². The molecule has 1 amide bonds. The Morgan fingerprint density at radius 2 is 2.21 bits per heavy atom. The van der Waals surface area contributed by atoms with Gasteiger partial charge in [-0.25, -0.2) is 4.98 Å². The van der Waals surface area contributed by atoms with Crippen molar-refractivity contribution in [2.75, 3.05) is 13.7 Å². The van der Waals surface area contributed by atoms with Gasteiger partial charge in [-0.15, -0.1) is 11.3 Å². The summed E-state index contributed by atoms with van der Waals surface area (Å²) in [6.45, 7) is 4.03. The number of rotatable bonds is 3. The Labute approximate surface area is 144 Å². The molecule has 124 valence electrons. The van der Waals surface area contributed by atoms with Crippen LogP contribution in [0.15, 0.2) is 35.8 Å². The molecule has 1 unspecified atom stereocenters. The number of imidazole rings is 1. The van der Waals surface area contributed by atoms with Crippen molar-refractivity contribution in [3.63, 3.8) is 0 Å². The number of fused-ring (bicyclic) bond motifs is 2. The van der Waals surface area contributed by atoms with Crippen LogP contribution in [0.4, 0.5) is 0 Å². The summed E-state index contributed by atoms with van der Waals surface area (Å²) in [4.78, 5) is 19.5. The lowest BCUT2D eigenvalue weighted by Gasteiger charge is -2.34. The van der Waals surface area contributed by atoms with Crippen molar-refractivity contribution in [1.82, 2.24) is 14.5 Å². The summed E-state index contributed by atoms with van der Waals surface area (Å²) in [5, 5.41) is 3.01. The van der Waals surface area contributed by atoms with Crippen LogP contribution in [0.25, 0.3) is 10.1 Å². The topological polar surface area (TPSA) is 47.4 Å². The summed E-state index contributed by atoms with van der Waals surface area (Å²) in [7, 11) is 1.68. The highest BCUT2D eigenvalue weighted by molar-refractivity contribution is 7.17. The molecular formula is C18H19N3O2S. The minimum atomic E-state index is -0.0458. The summed E-state index contributed by atoms with van der Waals surface area (Å²) in [6, 6.07) is 8.02. The molecule has 0 fully saturated rings. The van der Waals surface area contributed by atoms with E-state index < -0.39 is 0 Å². The fraction of sp³-hybridized carbons (Fsp3) is 0.333. The average molecular weight is 341 g/mol. The molecule has 1 aromatic carbocycles. The Balaban J connectivity index is 1.66. The van der Waals surface area contributed by atoms with Crippen LogP contribution in [0.5, 0.6) is 0 Å². The van der Waals surface area contributed by atoms with Gasteiger partial charge < -0.3 is 14.2 Å². The largest absolute Gasteiger partial charge is 0.378 e. The highest BCUT2D eigenvalue weighted by Crippen LogP contribution is 2.31. The second-order valence-electron chi connectivity index (χ2n) is 6.01. The number of amides is 1.